The molecule has 25 heavy (non-hydrogen) atoms. The zero-order chi connectivity index (χ0) is 17.6. The van der Waals surface area contributed by atoms with E-state index in [1.807, 2.05) is 6.07 Å². The van der Waals surface area contributed by atoms with Gasteiger partial charge in [0.2, 0.25) is 0 Å². The van der Waals surface area contributed by atoms with Gasteiger partial charge in [-0.05, 0) is 23.8 Å². The van der Waals surface area contributed by atoms with E-state index >= 15 is 0 Å². The van der Waals surface area contributed by atoms with Crippen LogP contribution >= 0.6 is 0 Å². The molecule has 128 valence electrons. The molecule has 0 radical (unpaired) electrons. The quantitative estimate of drug-likeness (QED) is 0.745. The molecule has 1 aromatic carbocycles. The van der Waals surface area contributed by atoms with Crippen LogP contribution in [-0.4, -0.2) is 39.2 Å². The number of amides is 1. The largest absolute Gasteiger partial charge is 0.395 e. The Hall–Kier alpha value is -3.06. The van der Waals surface area contributed by atoms with Crippen LogP contribution in [0, 0.1) is 5.82 Å². The number of aliphatic hydroxyl groups is 1. The second kappa shape index (κ2) is 7.67. The van der Waals surface area contributed by atoms with Crippen molar-refractivity contribution in [2.45, 2.75) is 6.54 Å². The molecule has 0 fully saturated rings. The predicted octanol–water partition coefficient (Wildman–Crippen LogP) is 2.51. The molecule has 2 heterocycles. The number of pyridine rings is 1. The summed E-state index contributed by atoms with van der Waals surface area (Å²) in [5.74, 6) is -0.698. The molecule has 0 unspecified atom stereocenters. The highest BCUT2D eigenvalue weighted by Crippen LogP contribution is 2.23. The minimum Gasteiger partial charge on any atom is -0.395 e. The van der Waals surface area contributed by atoms with Gasteiger partial charge in [-0.2, -0.15) is 0 Å². The SMILES string of the molecule is O=C(c1cc(-c2ccccc2F)on1)N(CCO)Cc1cccnc1. The molecule has 1 amide bonds. The molecule has 0 saturated heterocycles. The molecule has 2 aromatic heterocycles. The average molecular weight is 341 g/mol. The van der Waals surface area contributed by atoms with Crippen molar-refractivity contribution in [2.24, 2.45) is 0 Å². The van der Waals surface area contributed by atoms with E-state index in [1.165, 1.54) is 17.0 Å². The topological polar surface area (TPSA) is 79.5 Å². The average Bonchev–Trinajstić information content (AvgIpc) is 3.12. The first-order valence-corrected chi connectivity index (χ1v) is 7.69. The van der Waals surface area contributed by atoms with Gasteiger partial charge in [0.25, 0.3) is 5.91 Å². The number of aliphatic hydroxyl groups excluding tert-OH is 1. The van der Waals surface area contributed by atoms with Crippen LogP contribution in [0.5, 0.6) is 0 Å². The maximum absolute atomic E-state index is 13.8. The van der Waals surface area contributed by atoms with Crippen LogP contribution in [0.1, 0.15) is 16.1 Å². The summed E-state index contributed by atoms with van der Waals surface area (Å²) >= 11 is 0. The van der Waals surface area contributed by atoms with Crippen molar-refractivity contribution in [1.29, 1.82) is 0 Å². The minimum atomic E-state index is -0.458. The van der Waals surface area contributed by atoms with Crippen LogP contribution in [-0.2, 0) is 6.54 Å². The van der Waals surface area contributed by atoms with Gasteiger partial charge in [0, 0.05) is 31.5 Å². The summed E-state index contributed by atoms with van der Waals surface area (Å²) < 4.78 is 18.9. The number of halogens is 1. The van der Waals surface area contributed by atoms with E-state index in [1.54, 1.807) is 36.7 Å². The van der Waals surface area contributed by atoms with Gasteiger partial charge in [0.1, 0.15) is 5.82 Å². The zero-order valence-electron chi connectivity index (χ0n) is 13.3. The Balaban J connectivity index is 1.82. The van der Waals surface area contributed by atoms with Gasteiger partial charge in [-0.1, -0.05) is 23.4 Å². The fraction of sp³-hybridized carbons (Fsp3) is 0.167. The van der Waals surface area contributed by atoms with E-state index in [4.69, 9.17) is 4.52 Å². The van der Waals surface area contributed by atoms with Crippen molar-refractivity contribution in [3.8, 4) is 11.3 Å². The lowest BCUT2D eigenvalue weighted by Crippen LogP contribution is -2.33. The van der Waals surface area contributed by atoms with E-state index in [2.05, 4.69) is 10.1 Å². The normalized spacial score (nSPS) is 10.6. The maximum Gasteiger partial charge on any atom is 0.276 e. The molecule has 7 heteroatoms. The smallest absolute Gasteiger partial charge is 0.276 e. The number of carbonyl (C=O) groups excluding carboxylic acids is 1. The van der Waals surface area contributed by atoms with Crippen molar-refractivity contribution in [2.75, 3.05) is 13.2 Å². The summed E-state index contributed by atoms with van der Waals surface area (Å²) in [6, 6.07) is 11.1. The van der Waals surface area contributed by atoms with Gasteiger partial charge in [0.15, 0.2) is 11.5 Å². The van der Waals surface area contributed by atoms with Crippen molar-refractivity contribution in [1.82, 2.24) is 15.0 Å². The summed E-state index contributed by atoms with van der Waals surface area (Å²) in [5, 5.41) is 13.0. The zero-order valence-corrected chi connectivity index (χ0v) is 13.3. The predicted molar refractivity (Wildman–Crippen MR) is 88.0 cm³/mol. The van der Waals surface area contributed by atoms with E-state index in [0.717, 1.165) is 5.56 Å². The van der Waals surface area contributed by atoms with Crippen molar-refractivity contribution in [3.63, 3.8) is 0 Å². The molecule has 3 rings (SSSR count). The minimum absolute atomic E-state index is 0.0515. The summed E-state index contributed by atoms with van der Waals surface area (Å²) in [4.78, 5) is 18.1. The molecule has 6 nitrogen and oxygen atoms in total. The number of benzene rings is 1. The monoisotopic (exact) mass is 341 g/mol. The first-order chi connectivity index (χ1) is 12.2. The Morgan fingerprint density at radius 3 is 2.80 bits per heavy atom. The van der Waals surface area contributed by atoms with Crippen LogP contribution in [0.3, 0.4) is 0 Å². The van der Waals surface area contributed by atoms with Gasteiger partial charge < -0.3 is 14.5 Å². The fourth-order valence-corrected chi connectivity index (χ4v) is 2.41. The third-order valence-corrected chi connectivity index (χ3v) is 3.62. The van der Waals surface area contributed by atoms with Crippen LogP contribution in [0.4, 0.5) is 4.39 Å². The molecule has 3 aromatic rings. The molecular weight excluding hydrogens is 325 g/mol. The summed E-state index contributed by atoms with van der Waals surface area (Å²) in [6.45, 7) is 0.217. The van der Waals surface area contributed by atoms with Gasteiger partial charge in [-0.3, -0.25) is 9.78 Å². The Labute approximate surface area is 143 Å². The van der Waals surface area contributed by atoms with Crippen LogP contribution < -0.4 is 0 Å². The molecule has 0 atom stereocenters. The highest BCUT2D eigenvalue weighted by molar-refractivity contribution is 5.93. The summed E-state index contributed by atoms with van der Waals surface area (Å²) in [5.41, 5.74) is 1.10. The number of hydrogen-bond acceptors (Lipinski definition) is 5. The molecule has 0 aliphatic heterocycles. The van der Waals surface area contributed by atoms with Crippen LogP contribution in [0.15, 0.2) is 59.4 Å². The van der Waals surface area contributed by atoms with E-state index in [9.17, 15) is 14.3 Å². The molecule has 0 bridgehead atoms. The third kappa shape index (κ3) is 3.89. The second-order valence-corrected chi connectivity index (χ2v) is 5.37. The van der Waals surface area contributed by atoms with Crippen molar-refractivity contribution < 1.29 is 18.8 Å². The summed E-state index contributed by atoms with van der Waals surface area (Å²) in [7, 11) is 0. The van der Waals surface area contributed by atoms with Crippen molar-refractivity contribution in [3.05, 3.63) is 71.9 Å². The molecule has 0 saturated carbocycles. The highest BCUT2D eigenvalue weighted by atomic mass is 19.1. The lowest BCUT2D eigenvalue weighted by Gasteiger charge is -2.20. The number of rotatable bonds is 6. The maximum atomic E-state index is 13.8. The Morgan fingerprint density at radius 2 is 2.08 bits per heavy atom. The first-order valence-electron chi connectivity index (χ1n) is 7.69. The molecule has 1 N–H and O–H groups in total. The van der Waals surface area contributed by atoms with Crippen LogP contribution in [0.25, 0.3) is 11.3 Å². The Bertz CT molecular complexity index is 852. The lowest BCUT2D eigenvalue weighted by molar-refractivity contribution is 0.0697. The first kappa shape index (κ1) is 16.8. The third-order valence-electron chi connectivity index (χ3n) is 3.62. The van der Waals surface area contributed by atoms with Crippen LogP contribution in [0.2, 0.25) is 0 Å². The lowest BCUT2D eigenvalue weighted by atomic mass is 10.1. The fourth-order valence-electron chi connectivity index (χ4n) is 2.41. The number of carbonyl (C=O) groups is 1. The highest BCUT2D eigenvalue weighted by Gasteiger charge is 2.21. The van der Waals surface area contributed by atoms with E-state index in [0.29, 0.717) is 0 Å². The second-order valence-electron chi connectivity index (χ2n) is 5.37. The van der Waals surface area contributed by atoms with Gasteiger partial charge >= 0.3 is 0 Å². The standard InChI is InChI=1S/C18H16FN3O3/c19-15-6-2-1-5-14(15)17-10-16(21-25-17)18(24)22(8-9-23)12-13-4-3-7-20-11-13/h1-7,10-11,23H,8-9,12H2. The number of hydrogen-bond donors (Lipinski definition) is 1. The van der Waals surface area contributed by atoms with E-state index in [-0.39, 0.29) is 36.7 Å². The molecular formula is C18H16FN3O3. The number of aromatic nitrogens is 2. The Morgan fingerprint density at radius 1 is 1.24 bits per heavy atom. The van der Waals surface area contributed by atoms with Gasteiger partial charge in [0.05, 0.1) is 12.2 Å². The molecule has 0 aliphatic rings. The number of nitrogens with zero attached hydrogens (tertiary/aromatic N) is 3. The van der Waals surface area contributed by atoms with Crippen molar-refractivity contribution >= 4 is 5.91 Å². The summed E-state index contributed by atoms with van der Waals surface area (Å²) in [6.07, 6.45) is 3.28. The van der Waals surface area contributed by atoms with E-state index < -0.39 is 11.7 Å². The molecule has 0 spiro atoms. The Kier molecular flexibility index (Phi) is 5.15. The van der Waals surface area contributed by atoms with Gasteiger partial charge in [-0.25, -0.2) is 4.39 Å². The van der Waals surface area contributed by atoms with Gasteiger partial charge in [-0.15, -0.1) is 0 Å². The molecule has 0 aliphatic carbocycles.